The van der Waals surface area contributed by atoms with E-state index in [-0.39, 0.29) is 0 Å². The van der Waals surface area contributed by atoms with Crippen LogP contribution in [-0.2, 0) is 0 Å². The van der Waals surface area contributed by atoms with E-state index in [9.17, 15) is 0 Å². The van der Waals surface area contributed by atoms with Gasteiger partial charge in [-0.3, -0.25) is 0 Å². The Morgan fingerprint density at radius 2 is 2.00 bits per heavy atom. The first-order valence-corrected chi connectivity index (χ1v) is 8.61. The Kier molecular flexibility index (Phi) is 4.25. The van der Waals surface area contributed by atoms with Gasteiger partial charge in [0.05, 0.1) is 5.69 Å². The zero-order valence-electron chi connectivity index (χ0n) is 11.2. The number of rotatable bonds is 3. The summed E-state index contributed by atoms with van der Waals surface area (Å²) >= 11 is 8.49. The molecule has 2 aliphatic rings. The zero-order valence-corrected chi connectivity index (χ0v) is 14.1. The van der Waals surface area contributed by atoms with Crippen molar-refractivity contribution in [3.63, 3.8) is 0 Å². The number of anilines is 1. The normalized spacial score (nSPS) is 29.8. The molecule has 0 aliphatic carbocycles. The van der Waals surface area contributed by atoms with Crippen LogP contribution in [0.25, 0.3) is 0 Å². The second-order valence-corrected chi connectivity index (χ2v) is 7.21. The molecule has 0 saturated carbocycles. The van der Waals surface area contributed by atoms with Gasteiger partial charge in [0, 0.05) is 26.7 Å². The molecule has 2 nitrogen and oxygen atoms in total. The highest BCUT2D eigenvalue weighted by atomic mass is 127. The molecule has 4 heteroatoms. The Morgan fingerprint density at radius 3 is 2.58 bits per heavy atom. The molecule has 1 aromatic carbocycles. The molecule has 2 heterocycles. The smallest absolute Gasteiger partial charge is 0.0507 e. The van der Waals surface area contributed by atoms with E-state index in [4.69, 9.17) is 11.6 Å². The van der Waals surface area contributed by atoms with Crippen molar-refractivity contribution in [3.8, 4) is 0 Å². The van der Waals surface area contributed by atoms with E-state index < -0.39 is 0 Å². The molecular weight excluding hydrogens is 371 g/mol. The second-order valence-electron chi connectivity index (χ2n) is 5.61. The van der Waals surface area contributed by atoms with E-state index in [1.807, 2.05) is 6.07 Å². The van der Waals surface area contributed by atoms with Crippen LogP contribution in [0, 0.1) is 3.57 Å². The highest BCUT2D eigenvalue weighted by Gasteiger charge is 2.40. The Balaban J connectivity index is 1.83. The number of hydrogen-bond donors (Lipinski definition) is 1. The fourth-order valence-electron chi connectivity index (χ4n) is 3.72. The van der Waals surface area contributed by atoms with Crippen molar-refractivity contribution in [1.29, 1.82) is 0 Å². The summed E-state index contributed by atoms with van der Waals surface area (Å²) < 4.78 is 1.28. The maximum atomic E-state index is 6.08. The molecule has 1 N–H and O–H groups in total. The lowest BCUT2D eigenvalue weighted by atomic mass is 9.96. The van der Waals surface area contributed by atoms with Gasteiger partial charge in [0.1, 0.15) is 0 Å². The lowest BCUT2D eigenvalue weighted by molar-refractivity contribution is 0.361. The molecule has 2 saturated heterocycles. The van der Waals surface area contributed by atoms with E-state index in [1.54, 1.807) is 0 Å². The highest BCUT2D eigenvalue weighted by Crippen LogP contribution is 2.41. The third-order valence-electron chi connectivity index (χ3n) is 4.41. The van der Waals surface area contributed by atoms with Crippen LogP contribution in [0.2, 0.25) is 5.02 Å². The Morgan fingerprint density at radius 1 is 1.32 bits per heavy atom. The van der Waals surface area contributed by atoms with E-state index in [1.165, 1.54) is 34.9 Å². The molecule has 2 unspecified atom stereocenters. The van der Waals surface area contributed by atoms with Crippen LogP contribution >= 0.6 is 34.2 Å². The molecular formula is C15H20ClIN2. The number of hydrogen-bond acceptors (Lipinski definition) is 2. The van der Waals surface area contributed by atoms with E-state index >= 15 is 0 Å². The molecule has 3 rings (SSSR count). The Hall–Kier alpha value is -0.000000000000000111. The van der Waals surface area contributed by atoms with E-state index in [0.29, 0.717) is 18.1 Å². The third-order valence-corrected chi connectivity index (χ3v) is 5.51. The average molecular weight is 391 g/mol. The van der Waals surface area contributed by atoms with Crippen molar-refractivity contribution in [2.75, 3.05) is 11.4 Å². The fourth-order valence-corrected chi connectivity index (χ4v) is 4.87. The van der Waals surface area contributed by atoms with E-state index in [2.05, 4.69) is 51.9 Å². The molecule has 104 valence electrons. The van der Waals surface area contributed by atoms with Gasteiger partial charge in [-0.1, -0.05) is 18.5 Å². The van der Waals surface area contributed by atoms with Crippen LogP contribution in [0.15, 0.2) is 18.2 Å². The van der Waals surface area contributed by atoms with Gasteiger partial charge in [-0.25, -0.2) is 0 Å². The maximum Gasteiger partial charge on any atom is 0.0507 e. The van der Waals surface area contributed by atoms with Crippen LogP contribution in [0.3, 0.4) is 0 Å². The summed E-state index contributed by atoms with van der Waals surface area (Å²) in [6.07, 6.45) is 5.24. The summed E-state index contributed by atoms with van der Waals surface area (Å²) in [6, 6.07) is 8.42. The number of piperidine rings is 1. The van der Waals surface area contributed by atoms with Gasteiger partial charge >= 0.3 is 0 Å². The molecule has 0 aromatic heterocycles. The van der Waals surface area contributed by atoms with Gasteiger partial charge in [0.2, 0.25) is 0 Å². The molecule has 0 radical (unpaired) electrons. The lowest BCUT2D eigenvalue weighted by Gasteiger charge is -2.41. The number of halogens is 2. The molecule has 2 aliphatic heterocycles. The molecule has 2 bridgehead atoms. The minimum Gasteiger partial charge on any atom is -0.365 e. The predicted molar refractivity (Wildman–Crippen MR) is 90.2 cm³/mol. The molecule has 1 aromatic rings. The number of fused-ring (bicyclic) bond motifs is 2. The van der Waals surface area contributed by atoms with Crippen LogP contribution in [0.4, 0.5) is 5.69 Å². The minimum absolute atomic E-state index is 0.706. The van der Waals surface area contributed by atoms with Crippen molar-refractivity contribution in [3.05, 3.63) is 26.8 Å². The van der Waals surface area contributed by atoms with Gasteiger partial charge < -0.3 is 10.2 Å². The lowest BCUT2D eigenvalue weighted by Crippen LogP contribution is -2.49. The number of benzene rings is 1. The van der Waals surface area contributed by atoms with Crippen molar-refractivity contribution in [1.82, 2.24) is 5.32 Å². The summed E-state index contributed by atoms with van der Waals surface area (Å²) in [6.45, 7) is 3.29. The van der Waals surface area contributed by atoms with Crippen LogP contribution in [0.5, 0.6) is 0 Å². The average Bonchev–Trinajstić information content (AvgIpc) is 2.63. The SMILES string of the molecule is CCNC1CC2CCC(C1)N2c1ccc(Cl)cc1I. The number of nitrogens with one attached hydrogen (secondary N) is 1. The van der Waals surface area contributed by atoms with Gasteiger partial charge in [-0.05, 0) is 73.0 Å². The maximum absolute atomic E-state index is 6.08. The van der Waals surface area contributed by atoms with Crippen LogP contribution < -0.4 is 10.2 Å². The van der Waals surface area contributed by atoms with Crippen LogP contribution in [-0.4, -0.2) is 24.7 Å². The first-order valence-electron chi connectivity index (χ1n) is 7.15. The highest BCUT2D eigenvalue weighted by molar-refractivity contribution is 14.1. The van der Waals surface area contributed by atoms with Crippen molar-refractivity contribution < 1.29 is 0 Å². The summed E-state index contributed by atoms with van der Waals surface area (Å²) in [5.41, 5.74) is 1.38. The van der Waals surface area contributed by atoms with Gasteiger partial charge in [0.25, 0.3) is 0 Å². The van der Waals surface area contributed by atoms with E-state index in [0.717, 1.165) is 11.6 Å². The predicted octanol–water partition coefficient (Wildman–Crippen LogP) is 4.05. The number of nitrogens with zero attached hydrogens (tertiary/aromatic N) is 1. The van der Waals surface area contributed by atoms with Gasteiger partial charge in [0.15, 0.2) is 0 Å². The first-order chi connectivity index (χ1) is 9.19. The largest absolute Gasteiger partial charge is 0.365 e. The molecule has 2 fully saturated rings. The summed E-state index contributed by atoms with van der Waals surface area (Å²) in [4.78, 5) is 2.66. The summed E-state index contributed by atoms with van der Waals surface area (Å²) in [5, 5.41) is 4.47. The second kappa shape index (κ2) is 5.78. The Labute approximate surface area is 134 Å². The molecule has 0 amide bonds. The first kappa shape index (κ1) is 14.0. The Bertz CT molecular complexity index is 451. The quantitative estimate of drug-likeness (QED) is 0.783. The van der Waals surface area contributed by atoms with Crippen LogP contribution in [0.1, 0.15) is 32.6 Å². The van der Waals surface area contributed by atoms with Gasteiger partial charge in [-0.15, -0.1) is 0 Å². The molecule has 19 heavy (non-hydrogen) atoms. The van der Waals surface area contributed by atoms with Crippen molar-refractivity contribution in [2.45, 2.75) is 50.7 Å². The van der Waals surface area contributed by atoms with Crippen molar-refractivity contribution >= 4 is 39.9 Å². The molecule has 2 atom stereocenters. The van der Waals surface area contributed by atoms with Gasteiger partial charge in [-0.2, -0.15) is 0 Å². The fraction of sp³-hybridized carbons (Fsp3) is 0.600. The molecule has 0 spiro atoms. The summed E-state index contributed by atoms with van der Waals surface area (Å²) in [5.74, 6) is 0. The zero-order chi connectivity index (χ0) is 13.4. The standard InChI is InChI=1S/C15H20ClIN2/c1-2-18-11-8-12-4-5-13(9-11)19(12)15-6-3-10(16)7-14(15)17/h3,6-7,11-13,18H,2,4-5,8-9H2,1H3. The van der Waals surface area contributed by atoms with Crippen molar-refractivity contribution in [2.24, 2.45) is 0 Å². The third kappa shape index (κ3) is 2.74. The monoisotopic (exact) mass is 390 g/mol. The summed E-state index contributed by atoms with van der Waals surface area (Å²) in [7, 11) is 0. The minimum atomic E-state index is 0.706. The topological polar surface area (TPSA) is 15.3 Å².